The summed E-state index contributed by atoms with van der Waals surface area (Å²) in [6.07, 6.45) is 2.61. The Kier molecular flexibility index (Phi) is 5.35. The monoisotopic (exact) mass is 186 g/mol. The first-order valence-corrected chi connectivity index (χ1v) is 5.31. The average Bonchev–Trinajstić information content (AvgIpc) is 2.16. The zero-order chi connectivity index (χ0) is 9.52. The zero-order valence-electron chi connectivity index (χ0n) is 8.88. The van der Waals surface area contributed by atoms with E-state index < -0.39 is 0 Å². The lowest BCUT2D eigenvalue weighted by Gasteiger charge is -2.33. The molecule has 3 heteroatoms. The minimum Gasteiger partial charge on any atom is -0.383 e. The predicted molar refractivity (Wildman–Crippen MR) is 55.0 cm³/mol. The van der Waals surface area contributed by atoms with Crippen LogP contribution in [0.4, 0.5) is 0 Å². The molecule has 1 atom stereocenters. The maximum Gasteiger partial charge on any atom is 0.0628 e. The molecule has 0 unspecified atom stereocenters. The highest BCUT2D eigenvalue weighted by Gasteiger charge is 2.17. The topological polar surface area (TPSA) is 24.5 Å². The van der Waals surface area contributed by atoms with Crippen LogP contribution in [0, 0.1) is 0 Å². The Bertz CT molecular complexity index is 128. The normalized spacial score (nSPS) is 24.9. The van der Waals surface area contributed by atoms with E-state index >= 15 is 0 Å². The Labute approximate surface area is 81.4 Å². The van der Waals surface area contributed by atoms with Crippen molar-refractivity contribution in [1.82, 2.24) is 10.2 Å². The van der Waals surface area contributed by atoms with Gasteiger partial charge in [0.05, 0.1) is 6.61 Å². The molecule has 0 aromatic heterocycles. The molecule has 1 heterocycles. The molecule has 1 N–H and O–H groups in total. The third kappa shape index (κ3) is 4.07. The average molecular weight is 186 g/mol. The van der Waals surface area contributed by atoms with Gasteiger partial charge in [-0.3, -0.25) is 0 Å². The molecular formula is C10H22N2O. The quantitative estimate of drug-likeness (QED) is 0.684. The number of nitrogens with zero attached hydrogens (tertiary/aromatic N) is 1. The van der Waals surface area contributed by atoms with Gasteiger partial charge in [0.2, 0.25) is 0 Å². The van der Waals surface area contributed by atoms with E-state index in [4.69, 9.17) is 4.74 Å². The van der Waals surface area contributed by atoms with Crippen molar-refractivity contribution < 1.29 is 4.74 Å². The summed E-state index contributed by atoms with van der Waals surface area (Å²) in [4.78, 5) is 2.53. The molecule has 1 rings (SSSR count). The number of ether oxygens (including phenoxy) is 1. The third-order valence-corrected chi connectivity index (χ3v) is 2.54. The van der Waals surface area contributed by atoms with Gasteiger partial charge in [-0.25, -0.2) is 0 Å². The second-order valence-electron chi connectivity index (χ2n) is 3.76. The SMILES string of the molecule is CCCCN1CCN[C@@H](COC)C1. The van der Waals surface area contributed by atoms with Crippen LogP contribution in [-0.4, -0.2) is 50.8 Å². The van der Waals surface area contributed by atoms with Crippen LogP contribution in [0.5, 0.6) is 0 Å². The number of methoxy groups -OCH3 is 1. The molecule has 78 valence electrons. The van der Waals surface area contributed by atoms with Crippen LogP contribution in [-0.2, 0) is 4.74 Å². The summed E-state index contributed by atoms with van der Waals surface area (Å²) in [6, 6.07) is 0.538. The fourth-order valence-corrected chi connectivity index (χ4v) is 1.79. The first-order valence-electron chi connectivity index (χ1n) is 5.31. The van der Waals surface area contributed by atoms with E-state index in [9.17, 15) is 0 Å². The van der Waals surface area contributed by atoms with Crippen molar-refractivity contribution in [2.45, 2.75) is 25.8 Å². The fourth-order valence-electron chi connectivity index (χ4n) is 1.79. The van der Waals surface area contributed by atoms with E-state index in [0.717, 1.165) is 19.7 Å². The summed E-state index contributed by atoms with van der Waals surface area (Å²) in [5, 5.41) is 3.46. The summed E-state index contributed by atoms with van der Waals surface area (Å²) in [6.45, 7) is 7.78. The lowest BCUT2D eigenvalue weighted by Crippen LogP contribution is -2.52. The molecule has 0 aromatic carbocycles. The zero-order valence-corrected chi connectivity index (χ0v) is 8.88. The Morgan fingerprint density at radius 2 is 2.38 bits per heavy atom. The molecule has 0 amide bonds. The molecule has 0 radical (unpaired) electrons. The van der Waals surface area contributed by atoms with E-state index in [1.54, 1.807) is 7.11 Å². The van der Waals surface area contributed by atoms with Gasteiger partial charge in [-0.1, -0.05) is 13.3 Å². The molecular weight excluding hydrogens is 164 g/mol. The van der Waals surface area contributed by atoms with Crippen molar-refractivity contribution in [2.24, 2.45) is 0 Å². The summed E-state index contributed by atoms with van der Waals surface area (Å²) in [5.41, 5.74) is 0. The van der Waals surface area contributed by atoms with Gasteiger partial charge in [-0.15, -0.1) is 0 Å². The van der Waals surface area contributed by atoms with Crippen LogP contribution < -0.4 is 5.32 Å². The van der Waals surface area contributed by atoms with Crippen LogP contribution in [0.3, 0.4) is 0 Å². The number of unbranched alkanes of at least 4 members (excludes halogenated alkanes) is 1. The van der Waals surface area contributed by atoms with Crippen molar-refractivity contribution in [3.8, 4) is 0 Å². The van der Waals surface area contributed by atoms with Crippen LogP contribution in [0.25, 0.3) is 0 Å². The molecule has 0 spiro atoms. The maximum absolute atomic E-state index is 5.14. The second kappa shape index (κ2) is 6.35. The Hall–Kier alpha value is -0.120. The van der Waals surface area contributed by atoms with E-state index in [1.807, 2.05) is 0 Å². The first kappa shape index (κ1) is 11.0. The highest BCUT2D eigenvalue weighted by Crippen LogP contribution is 2.01. The van der Waals surface area contributed by atoms with E-state index in [1.165, 1.54) is 25.9 Å². The summed E-state index contributed by atoms with van der Waals surface area (Å²) in [7, 11) is 1.77. The van der Waals surface area contributed by atoms with Gasteiger partial charge in [0, 0.05) is 32.8 Å². The van der Waals surface area contributed by atoms with Gasteiger partial charge >= 0.3 is 0 Å². The number of hydrogen-bond donors (Lipinski definition) is 1. The van der Waals surface area contributed by atoms with Gasteiger partial charge in [0.25, 0.3) is 0 Å². The highest BCUT2D eigenvalue weighted by molar-refractivity contribution is 4.77. The Balaban J connectivity index is 2.16. The molecule has 1 aliphatic heterocycles. The van der Waals surface area contributed by atoms with Gasteiger partial charge in [-0.05, 0) is 13.0 Å². The molecule has 3 nitrogen and oxygen atoms in total. The molecule has 13 heavy (non-hydrogen) atoms. The summed E-state index contributed by atoms with van der Waals surface area (Å²) < 4.78 is 5.14. The molecule has 0 bridgehead atoms. The molecule has 0 aromatic rings. The highest BCUT2D eigenvalue weighted by atomic mass is 16.5. The lowest BCUT2D eigenvalue weighted by atomic mass is 10.2. The molecule has 1 fully saturated rings. The molecule has 1 aliphatic rings. The largest absolute Gasteiger partial charge is 0.383 e. The van der Waals surface area contributed by atoms with E-state index in [-0.39, 0.29) is 0 Å². The molecule has 0 aliphatic carbocycles. The second-order valence-corrected chi connectivity index (χ2v) is 3.76. The van der Waals surface area contributed by atoms with Crippen LogP contribution in [0.15, 0.2) is 0 Å². The lowest BCUT2D eigenvalue weighted by molar-refractivity contribution is 0.115. The minimum absolute atomic E-state index is 0.538. The van der Waals surface area contributed by atoms with Crippen molar-refractivity contribution in [1.29, 1.82) is 0 Å². The number of hydrogen-bond acceptors (Lipinski definition) is 3. The van der Waals surface area contributed by atoms with E-state index in [2.05, 4.69) is 17.1 Å². The summed E-state index contributed by atoms with van der Waals surface area (Å²) >= 11 is 0. The van der Waals surface area contributed by atoms with Crippen LogP contribution in [0.2, 0.25) is 0 Å². The molecule has 0 saturated carbocycles. The van der Waals surface area contributed by atoms with Crippen LogP contribution >= 0.6 is 0 Å². The first-order chi connectivity index (χ1) is 6.36. The maximum atomic E-state index is 5.14. The minimum atomic E-state index is 0.538. The van der Waals surface area contributed by atoms with Crippen molar-refractivity contribution in [3.05, 3.63) is 0 Å². The predicted octanol–water partition coefficient (Wildman–Crippen LogP) is 0.707. The third-order valence-electron chi connectivity index (χ3n) is 2.54. The number of nitrogens with one attached hydrogen (secondary N) is 1. The van der Waals surface area contributed by atoms with Gasteiger partial charge in [0.15, 0.2) is 0 Å². The Morgan fingerprint density at radius 1 is 1.54 bits per heavy atom. The van der Waals surface area contributed by atoms with Crippen molar-refractivity contribution in [2.75, 3.05) is 39.9 Å². The van der Waals surface area contributed by atoms with Crippen molar-refractivity contribution in [3.63, 3.8) is 0 Å². The van der Waals surface area contributed by atoms with Gasteiger partial charge in [-0.2, -0.15) is 0 Å². The van der Waals surface area contributed by atoms with Crippen molar-refractivity contribution >= 4 is 0 Å². The fraction of sp³-hybridized carbons (Fsp3) is 1.00. The van der Waals surface area contributed by atoms with Gasteiger partial charge < -0.3 is 15.0 Å². The summed E-state index contributed by atoms with van der Waals surface area (Å²) in [5.74, 6) is 0. The Morgan fingerprint density at radius 3 is 3.08 bits per heavy atom. The molecule has 1 saturated heterocycles. The smallest absolute Gasteiger partial charge is 0.0628 e. The number of rotatable bonds is 5. The standard InChI is InChI=1S/C10H22N2O/c1-3-4-6-12-7-5-11-10(8-12)9-13-2/h10-11H,3-9H2,1-2H3/t10-/m1/s1. The van der Waals surface area contributed by atoms with E-state index in [0.29, 0.717) is 6.04 Å². The van der Waals surface area contributed by atoms with Gasteiger partial charge in [0.1, 0.15) is 0 Å². The van der Waals surface area contributed by atoms with Crippen LogP contribution in [0.1, 0.15) is 19.8 Å². The number of piperazine rings is 1.